The Hall–Kier alpha value is -1.07. The molecule has 0 amide bonds. The molecule has 0 fully saturated rings. The quantitative estimate of drug-likeness (QED) is 0.440. The topological polar surface area (TPSA) is 45.7 Å². The Balaban J connectivity index is 2.42. The zero-order chi connectivity index (χ0) is 14.8. The van der Waals surface area contributed by atoms with Crippen LogP contribution in [0.4, 0.5) is 0 Å². The van der Waals surface area contributed by atoms with Crippen molar-refractivity contribution < 1.29 is 4.74 Å². The zero-order valence-corrected chi connectivity index (χ0v) is 13.8. The molecule has 1 rings (SSSR count). The van der Waals surface area contributed by atoms with Crippen LogP contribution in [0.5, 0.6) is 0 Å². The molecule has 20 heavy (non-hydrogen) atoms. The van der Waals surface area contributed by atoms with E-state index in [0.717, 1.165) is 25.5 Å². The Kier molecular flexibility index (Phi) is 8.30. The standard InChI is InChI=1S/C15H27N3OS/c1-5-16-15(17-9-10-19-6-2)18-12(3)11-14-8-7-13(4)20-14/h7-8,12H,5-6,9-11H2,1-4H3,(H2,16,17,18). The van der Waals surface area contributed by atoms with Crippen LogP contribution in [0.15, 0.2) is 17.1 Å². The fraction of sp³-hybridized carbons (Fsp3) is 0.667. The minimum absolute atomic E-state index is 0.359. The SMILES string of the molecule is CCNC(=NCCOCC)NC(C)Cc1ccc(C)s1. The second kappa shape index (κ2) is 9.77. The van der Waals surface area contributed by atoms with E-state index in [-0.39, 0.29) is 0 Å². The van der Waals surface area contributed by atoms with E-state index in [1.807, 2.05) is 18.3 Å². The molecule has 0 aliphatic heterocycles. The highest BCUT2D eigenvalue weighted by atomic mass is 32.1. The molecule has 1 aromatic rings. The molecule has 0 saturated heterocycles. The highest BCUT2D eigenvalue weighted by Gasteiger charge is 2.07. The molecule has 5 heteroatoms. The van der Waals surface area contributed by atoms with Crippen LogP contribution < -0.4 is 10.6 Å². The lowest BCUT2D eigenvalue weighted by Crippen LogP contribution is -2.43. The maximum Gasteiger partial charge on any atom is 0.191 e. The molecule has 0 radical (unpaired) electrons. The third-order valence-electron chi connectivity index (χ3n) is 2.74. The van der Waals surface area contributed by atoms with Crippen molar-refractivity contribution in [1.29, 1.82) is 0 Å². The van der Waals surface area contributed by atoms with Crippen LogP contribution in [0.1, 0.15) is 30.5 Å². The Morgan fingerprint density at radius 2 is 2.20 bits per heavy atom. The summed E-state index contributed by atoms with van der Waals surface area (Å²) in [5.74, 6) is 0.869. The van der Waals surface area contributed by atoms with Crippen LogP contribution in [-0.4, -0.2) is 38.3 Å². The van der Waals surface area contributed by atoms with E-state index in [2.05, 4.69) is 48.5 Å². The Bertz CT molecular complexity index is 404. The average Bonchev–Trinajstić information content (AvgIpc) is 2.80. The summed E-state index contributed by atoms with van der Waals surface area (Å²) in [7, 11) is 0. The second-order valence-corrected chi connectivity index (χ2v) is 6.09. The van der Waals surface area contributed by atoms with Crippen molar-refractivity contribution in [3.63, 3.8) is 0 Å². The number of guanidine groups is 1. The number of hydrogen-bond acceptors (Lipinski definition) is 3. The first-order chi connectivity index (χ1) is 9.65. The lowest BCUT2D eigenvalue weighted by atomic mass is 10.2. The number of hydrogen-bond donors (Lipinski definition) is 2. The molecule has 0 spiro atoms. The summed E-state index contributed by atoms with van der Waals surface area (Å²) >= 11 is 1.86. The molecule has 0 aliphatic carbocycles. The maximum atomic E-state index is 5.30. The summed E-state index contributed by atoms with van der Waals surface area (Å²) in [5.41, 5.74) is 0. The third kappa shape index (κ3) is 6.91. The largest absolute Gasteiger partial charge is 0.380 e. The normalized spacial score (nSPS) is 13.3. The molecule has 4 nitrogen and oxygen atoms in total. The Morgan fingerprint density at radius 1 is 1.40 bits per heavy atom. The van der Waals surface area contributed by atoms with Crippen LogP contribution in [-0.2, 0) is 11.2 Å². The van der Waals surface area contributed by atoms with Gasteiger partial charge in [-0.1, -0.05) is 0 Å². The van der Waals surface area contributed by atoms with Gasteiger partial charge in [0.15, 0.2) is 5.96 Å². The molecule has 0 bridgehead atoms. The molecule has 1 atom stereocenters. The van der Waals surface area contributed by atoms with Gasteiger partial charge in [-0.2, -0.15) is 0 Å². The smallest absolute Gasteiger partial charge is 0.191 e. The number of rotatable bonds is 8. The fourth-order valence-electron chi connectivity index (χ4n) is 1.87. The van der Waals surface area contributed by atoms with Crippen molar-refractivity contribution in [3.8, 4) is 0 Å². The minimum atomic E-state index is 0.359. The first-order valence-electron chi connectivity index (χ1n) is 7.33. The van der Waals surface area contributed by atoms with Crippen LogP contribution in [0.25, 0.3) is 0 Å². The van der Waals surface area contributed by atoms with Crippen LogP contribution in [0.2, 0.25) is 0 Å². The van der Waals surface area contributed by atoms with Crippen LogP contribution in [0, 0.1) is 6.92 Å². The van der Waals surface area contributed by atoms with Gasteiger partial charge in [0.1, 0.15) is 0 Å². The molecule has 114 valence electrons. The number of thiophene rings is 1. The summed E-state index contributed by atoms with van der Waals surface area (Å²) in [6, 6.07) is 4.74. The van der Waals surface area contributed by atoms with Crippen molar-refractivity contribution in [1.82, 2.24) is 10.6 Å². The van der Waals surface area contributed by atoms with Crippen LogP contribution in [0.3, 0.4) is 0 Å². The molecule has 0 aromatic carbocycles. The van der Waals surface area contributed by atoms with Crippen LogP contribution >= 0.6 is 11.3 Å². The van der Waals surface area contributed by atoms with Gasteiger partial charge in [0.05, 0.1) is 13.2 Å². The van der Waals surface area contributed by atoms with E-state index in [1.165, 1.54) is 9.75 Å². The van der Waals surface area contributed by atoms with E-state index >= 15 is 0 Å². The molecule has 0 saturated carbocycles. The summed E-state index contributed by atoms with van der Waals surface area (Å²) in [4.78, 5) is 7.29. The minimum Gasteiger partial charge on any atom is -0.380 e. The summed E-state index contributed by atoms with van der Waals surface area (Å²) < 4.78 is 5.30. The number of nitrogens with zero attached hydrogens (tertiary/aromatic N) is 1. The van der Waals surface area contributed by atoms with Gasteiger partial charge in [-0.15, -0.1) is 11.3 Å². The Morgan fingerprint density at radius 3 is 2.80 bits per heavy atom. The summed E-state index contributed by atoms with van der Waals surface area (Å²) in [6.45, 7) is 11.4. The molecule has 1 aromatic heterocycles. The van der Waals surface area contributed by atoms with Gasteiger partial charge < -0.3 is 15.4 Å². The van der Waals surface area contributed by atoms with Crippen molar-refractivity contribution in [2.45, 2.75) is 40.2 Å². The number of aryl methyl sites for hydroxylation is 1. The van der Waals surface area contributed by atoms with Crippen molar-refractivity contribution in [2.24, 2.45) is 4.99 Å². The van der Waals surface area contributed by atoms with E-state index in [1.54, 1.807) is 0 Å². The highest BCUT2D eigenvalue weighted by Crippen LogP contribution is 2.16. The van der Waals surface area contributed by atoms with Crippen molar-refractivity contribution in [2.75, 3.05) is 26.3 Å². The summed E-state index contributed by atoms with van der Waals surface area (Å²) in [6.07, 6.45) is 1.02. The third-order valence-corrected chi connectivity index (χ3v) is 3.76. The average molecular weight is 297 g/mol. The van der Waals surface area contributed by atoms with Gasteiger partial charge in [0, 0.05) is 35.4 Å². The van der Waals surface area contributed by atoms with E-state index in [0.29, 0.717) is 19.2 Å². The Labute approximate surface area is 126 Å². The van der Waals surface area contributed by atoms with Gasteiger partial charge in [-0.25, -0.2) is 0 Å². The van der Waals surface area contributed by atoms with Crippen molar-refractivity contribution in [3.05, 3.63) is 21.9 Å². The number of aliphatic imine (C=N–C) groups is 1. The van der Waals surface area contributed by atoms with Gasteiger partial charge in [-0.05, 0) is 39.8 Å². The molecular weight excluding hydrogens is 270 g/mol. The van der Waals surface area contributed by atoms with Gasteiger partial charge in [-0.3, -0.25) is 4.99 Å². The first-order valence-corrected chi connectivity index (χ1v) is 8.15. The molecule has 0 aliphatic rings. The van der Waals surface area contributed by atoms with E-state index in [4.69, 9.17) is 4.74 Å². The monoisotopic (exact) mass is 297 g/mol. The predicted molar refractivity (Wildman–Crippen MR) is 87.8 cm³/mol. The summed E-state index contributed by atoms with van der Waals surface area (Å²) in [5, 5.41) is 6.71. The first kappa shape index (κ1) is 17.0. The predicted octanol–water partition coefficient (Wildman–Crippen LogP) is 2.58. The van der Waals surface area contributed by atoms with Gasteiger partial charge in [0.25, 0.3) is 0 Å². The lowest BCUT2D eigenvalue weighted by molar-refractivity contribution is 0.155. The van der Waals surface area contributed by atoms with E-state index in [9.17, 15) is 0 Å². The van der Waals surface area contributed by atoms with Crippen molar-refractivity contribution >= 4 is 17.3 Å². The van der Waals surface area contributed by atoms with Gasteiger partial charge >= 0.3 is 0 Å². The maximum absolute atomic E-state index is 5.30. The molecule has 1 heterocycles. The van der Waals surface area contributed by atoms with E-state index < -0.39 is 0 Å². The molecule has 2 N–H and O–H groups in total. The highest BCUT2D eigenvalue weighted by molar-refractivity contribution is 7.11. The lowest BCUT2D eigenvalue weighted by Gasteiger charge is -2.17. The number of nitrogens with one attached hydrogen (secondary N) is 2. The fourth-order valence-corrected chi connectivity index (χ4v) is 2.89. The molecule has 1 unspecified atom stereocenters. The zero-order valence-electron chi connectivity index (χ0n) is 13.0. The van der Waals surface area contributed by atoms with Gasteiger partial charge in [0.2, 0.25) is 0 Å². The number of ether oxygens (including phenoxy) is 1. The second-order valence-electron chi connectivity index (χ2n) is 4.72. The molecular formula is C15H27N3OS.